The average Bonchev–Trinajstić information content (AvgIpc) is 2.06. The van der Waals surface area contributed by atoms with Crippen LogP contribution >= 0.6 is 0 Å². The fourth-order valence-electron chi connectivity index (χ4n) is 1.92. The summed E-state index contributed by atoms with van der Waals surface area (Å²) in [6.45, 7) is 4.68. The predicted octanol–water partition coefficient (Wildman–Crippen LogP) is 1.93. The largest absolute Gasteiger partial charge is 0.396 e. The normalized spacial score (nSPS) is 12.0. The molecule has 0 heterocycles. The Morgan fingerprint density at radius 2 is 1.58 bits per heavy atom. The minimum Gasteiger partial charge on any atom is -0.396 e. The Morgan fingerprint density at radius 3 is 1.83 bits per heavy atom. The lowest BCUT2D eigenvalue weighted by molar-refractivity contribution is 0.195. The van der Waals surface area contributed by atoms with E-state index < -0.39 is 0 Å². The second kappa shape index (κ2) is 6.44. The quantitative estimate of drug-likeness (QED) is 0.616. The van der Waals surface area contributed by atoms with Crippen molar-refractivity contribution in [2.75, 3.05) is 13.7 Å². The van der Waals surface area contributed by atoms with Crippen molar-refractivity contribution in [1.82, 2.24) is 5.32 Å². The van der Waals surface area contributed by atoms with E-state index >= 15 is 0 Å². The summed E-state index contributed by atoms with van der Waals surface area (Å²) < 4.78 is 0. The first-order valence-corrected chi connectivity index (χ1v) is 5.04. The van der Waals surface area contributed by atoms with Gasteiger partial charge in [-0.15, -0.1) is 0 Å². The topological polar surface area (TPSA) is 32.3 Å². The van der Waals surface area contributed by atoms with E-state index in [4.69, 9.17) is 5.11 Å². The van der Waals surface area contributed by atoms with Crippen LogP contribution in [0.25, 0.3) is 0 Å². The summed E-state index contributed by atoms with van der Waals surface area (Å²) in [5.74, 6) is 0. The van der Waals surface area contributed by atoms with Crippen molar-refractivity contribution < 1.29 is 5.11 Å². The molecule has 0 spiro atoms. The number of aliphatic hydroxyl groups is 1. The number of nitrogens with one attached hydrogen (secondary N) is 1. The molecule has 0 atom stereocenters. The summed E-state index contributed by atoms with van der Waals surface area (Å²) in [5.41, 5.74) is 0.193. The van der Waals surface area contributed by atoms with Crippen molar-refractivity contribution in [2.45, 2.75) is 51.5 Å². The molecule has 0 aromatic carbocycles. The van der Waals surface area contributed by atoms with Crippen molar-refractivity contribution in [2.24, 2.45) is 0 Å². The Balaban J connectivity index is 4.06. The summed E-state index contributed by atoms with van der Waals surface area (Å²) >= 11 is 0. The molecule has 2 heteroatoms. The fraction of sp³-hybridized carbons (Fsp3) is 1.00. The lowest BCUT2D eigenvalue weighted by Gasteiger charge is -2.32. The van der Waals surface area contributed by atoms with E-state index in [-0.39, 0.29) is 5.54 Å². The molecular formula is C10H23NO. The average molecular weight is 173 g/mol. The Labute approximate surface area is 76.4 Å². The highest BCUT2D eigenvalue weighted by molar-refractivity contribution is 4.85. The van der Waals surface area contributed by atoms with Crippen molar-refractivity contribution in [3.63, 3.8) is 0 Å². The molecule has 0 saturated carbocycles. The number of hydrogen-bond acceptors (Lipinski definition) is 2. The van der Waals surface area contributed by atoms with Gasteiger partial charge >= 0.3 is 0 Å². The summed E-state index contributed by atoms with van der Waals surface area (Å²) in [6, 6.07) is 0. The molecule has 74 valence electrons. The fourth-order valence-corrected chi connectivity index (χ4v) is 1.92. The van der Waals surface area contributed by atoms with Gasteiger partial charge in [0.15, 0.2) is 0 Å². The molecule has 0 aromatic heterocycles. The van der Waals surface area contributed by atoms with Gasteiger partial charge in [-0.05, 0) is 26.3 Å². The molecule has 0 fully saturated rings. The molecule has 0 aromatic rings. The number of hydrogen-bond donors (Lipinski definition) is 2. The molecule has 2 N–H and O–H groups in total. The highest BCUT2D eigenvalue weighted by atomic mass is 16.3. The second-order valence-corrected chi connectivity index (χ2v) is 3.50. The molecule has 12 heavy (non-hydrogen) atoms. The highest BCUT2D eigenvalue weighted by Gasteiger charge is 2.24. The van der Waals surface area contributed by atoms with E-state index in [0.717, 1.165) is 19.3 Å². The van der Waals surface area contributed by atoms with Gasteiger partial charge in [0.1, 0.15) is 0 Å². The first-order valence-electron chi connectivity index (χ1n) is 5.04. The Bertz CT molecular complexity index is 87.0. The smallest absolute Gasteiger partial charge is 0.0448 e. The van der Waals surface area contributed by atoms with Crippen LogP contribution < -0.4 is 5.32 Å². The van der Waals surface area contributed by atoms with Crippen molar-refractivity contribution in [3.8, 4) is 0 Å². The van der Waals surface area contributed by atoms with Crippen LogP contribution in [0.2, 0.25) is 0 Å². The summed E-state index contributed by atoms with van der Waals surface area (Å²) in [5, 5.41) is 12.3. The van der Waals surface area contributed by atoms with Crippen LogP contribution in [0.3, 0.4) is 0 Å². The SMILES string of the molecule is CCCC(CCC)(CCO)NC. The number of aliphatic hydroxyl groups excluding tert-OH is 1. The van der Waals surface area contributed by atoms with E-state index in [1.807, 2.05) is 7.05 Å². The minimum absolute atomic E-state index is 0.193. The lowest BCUT2D eigenvalue weighted by atomic mass is 9.86. The van der Waals surface area contributed by atoms with Crippen LogP contribution in [-0.2, 0) is 0 Å². The maximum atomic E-state index is 8.95. The Hall–Kier alpha value is -0.0800. The van der Waals surface area contributed by atoms with Crippen LogP contribution in [0.15, 0.2) is 0 Å². The molecule has 0 aliphatic heterocycles. The van der Waals surface area contributed by atoms with Gasteiger partial charge in [-0.1, -0.05) is 26.7 Å². The van der Waals surface area contributed by atoms with Crippen LogP contribution in [0.1, 0.15) is 46.0 Å². The van der Waals surface area contributed by atoms with E-state index in [1.54, 1.807) is 0 Å². The molecule has 0 aliphatic rings. The van der Waals surface area contributed by atoms with Gasteiger partial charge in [0, 0.05) is 12.1 Å². The first-order chi connectivity index (χ1) is 5.74. The van der Waals surface area contributed by atoms with Crippen LogP contribution in [0, 0.1) is 0 Å². The van der Waals surface area contributed by atoms with E-state index in [0.29, 0.717) is 6.61 Å². The van der Waals surface area contributed by atoms with Gasteiger partial charge in [0.05, 0.1) is 0 Å². The molecule has 0 rings (SSSR count). The monoisotopic (exact) mass is 173 g/mol. The maximum absolute atomic E-state index is 8.95. The van der Waals surface area contributed by atoms with Gasteiger partial charge in [0.2, 0.25) is 0 Å². The standard InChI is InChI=1S/C10H23NO/c1-4-6-10(11-3,7-5-2)8-9-12/h11-12H,4-9H2,1-3H3. The molecule has 0 unspecified atom stereocenters. The van der Waals surface area contributed by atoms with Crippen molar-refractivity contribution in [1.29, 1.82) is 0 Å². The van der Waals surface area contributed by atoms with E-state index in [2.05, 4.69) is 19.2 Å². The zero-order valence-corrected chi connectivity index (χ0v) is 8.69. The van der Waals surface area contributed by atoms with Gasteiger partial charge in [0.25, 0.3) is 0 Å². The molecule has 0 bridgehead atoms. The van der Waals surface area contributed by atoms with Crippen molar-refractivity contribution >= 4 is 0 Å². The molecular weight excluding hydrogens is 150 g/mol. The minimum atomic E-state index is 0.193. The lowest BCUT2D eigenvalue weighted by Crippen LogP contribution is -2.43. The third-order valence-corrected chi connectivity index (χ3v) is 2.58. The third kappa shape index (κ3) is 3.55. The molecule has 0 saturated heterocycles. The highest BCUT2D eigenvalue weighted by Crippen LogP contribution is 2.22. The first kappa shape index (κ1) is 11.9. The van der Waals surface area contributed by atoms with Gasteiger partial charge in [-0.25, -0.2) is 0 Å². The second-order valence-electron chi connectivity index (χ2n) is 3.50. The van der Waals surface area contributed by atoms with E-state index in [1.165, 1.54) is 12.8 Å². The van der Waals surface area contributed by atoms with Crippen molar-refractivity contribution in [3.05, 3.63) is 0 Å². The number of rotatable bonds is 7. The van der Waals surface area contributed by atoms with E-state index in [9.17, 15) is 0 Å². The third-order valence-electron chi connectivity index (χ3n) is 2.58. The summed E-state index contributed by atoms with van der Waals surface area (Å²) in [6.07, 6.45) is 5.57. The Morgan fingerprint density at radius 1 is 1.08 bits per heavy atom. The molecule has 0 radical (unpaired) electrons. The molecule has 0 aliphatic carbocycles. The Kier molecular flexibility index (Phi) is 6.39. The van der Waals surface area contributed by atoms with Crippen LogP contribution in [0.4, 0.5) is 0 Å². The zero-order chi connectivity index (χ0) is 9.45. The molecule has 0 amide bonds. The van der Waals surface area contributed by atoms with Gasteiger partial charge in [-0.2, -0.15) is 0 Å². The maximum Gasteiger partial charge on any atom is 0.0448 e. The molecule has 2 nitrogen and oxygen atoms in total. The van der Waals surface area contributed by atoms with Gasteiger partial charge in [-0.3, -0.25) is 0 Å². The van der Waals surface area contributed by atoms with Crippen LogP contribution in [0.5, 0.6) is 0 Å². The van der Waals surface area contributed by atoms with Gasteiger partial charge < -0.3 is 10.4 Å². The summed E-state index contributed by atoms with van der Waals surface area (Å²) in [7, 11) is 2.00. The predicted molar refractivity (Wildman–Crippen MR) is 53.3 cm³/mol. The zero-order valence-electron chi connectivity index (χ0n) is 8.69. The summed E-state index contributed by atoms with van der Waals surface area (Å²) in [4.78, 5) is 0. The van der Waals surface area contributed by atoms with Crippen LogP contribution in [-0.4, -0.2) is 24.3 Å².